The van der Waals surface area contributed by atoms with Crippen LogP contribution in [0.5, 0.6) is 0 Å². The summed E-state index contributed by atoms with van der Waals surface area (Å²) in [6.07, 6.45) is 2.00. The van der Waals surface area contributed by atoms with Crippen LogP contribution >= 0.6 is 0 Å². The van der Waals surface area contributed by atoms with Crippen LogP contribution in [0, 0.1) is 11.8 Å². The molecular formula is C14H18NO+. The SMILES string of the molecule is O[C@H](C#CC[NH+]1CCCC1)c1ccccc1. The molecule has 16 heavy (non-hydrogen) atoms. The van der Waals surface area contributed by atoms with Gasteiger partial charge in [-0.05, 0) is 11.5 Å². The van der Waals surface area contributed by atoms with Crippen LogP contribution in [0.4, 0.5) is 0 Å². The third-order valence-electron chi connectivity index (χ3n) is 3.00. The zero-order chi connectivity index (χ0) is 11.2. The molecule has 2 heteroatoms. The van der Waals surface area contributed by atoms with Gasteiger partial charge in [-0.25, -0.2) is 0 Å². The minimum Gasteiger partial charge on any atom is -0.376 e. The maximum atomic E-state index is 9.81. The van der Waals surface area contributed by atoms with Crippen LogP contribution in [0.2, 0.25) is 0 Å². The molecule has 0 radical (unpaired) electrons. The fourth-order valence-corrected chi connectivity index (χ4v) is 2.04. The van der Waals surface area contributed by atoms with Crippen molar-refractivity contribution in [2.45, 2.75) is 18.9 Å². The molecule has 1 heterocycles. The van der Waals surface area contributed by atoms with Gasteiger partial charge in [-0.1, -0.05) is 36.3 Å². The molecule has 84 valence electrons. The smallest absolute Gasteiger partial charge is 0.140 e. The summed E-state index contributed by atoms with van der Waals surface area (Å²) in [6, 6.07) is 9.60. The lowest BCUT2D eigenvalue weighted by Gasteiger charge is -2.07. The Labute approximate surface area is 96.9 Å². The highest BCUT2D eigenvalue weighted by Crippen LogP contribution is 2.09. The number of benzene rings is 1. The van der Waals surface area contributed by atoms with Crippen molar-refractivity contribution < 1.29 is 10.0 Å². The topological polar surface area (TPSA) is 24.7 Å². The molecule has 2 nitrogen and oxygen atoms in total. The largest absolute Gasteiger partial charge is 0.376 e. The number of aliphatic hydroxyl groups is 1. The summed E-state index contributed by atoms with van der Waals surface area (Å²) in [4.78, 5) is 1.55. The number of aliphatic hydroxyl groups excluding tert-OH is 1. The van der Waals surface area contributed by atoms with Crippen LogP contribution in [-0.4, -0.2) is 24.7 Å². The van der Waals surface area contributed by atoms with E-state index in [1.54, 1.807) is 4.90 Å². The predicted molar refractivity (Wildman–Crippen MR) is 64.0 cm³/mol. The molecule has 0 saturated carbocycles. The molecular weight excluding hydrogens is 198 g/mol. The Morgan fingerprint density at radius 1 is 1.19 bits per heavy atom. The van der Waals surface area contributed by atoms with E-state index in [4.69, 9.17) is 0 Å². The van der Waals surface area contributed by atoms with Crippen molar-refractivity contribution in [2.75, 3.05) is 19.6 Å². The Morgan fingerprint density at radius 3 is 2.56 bits per heavy atom. The first kappa shape index (κ1) is 11.2. The standard InChI is InChI=1S/C14H17NO/c16-14(13-7-2-1-3-8-13)9-6-12-15-10-4-5-11-15/h1-3,7-8,14,16H,4-5,10-12H2/p+1/t14-/m1/s1. The van der Waals surface area contributed by atoms with E-state index in [-0.39, 0.29) is 0 Å². The third kappa shape index (κ3) is 3.10. The number of quaternary nitrogens is 1. The highest BCUT2D eigenvalue weighted by atomic mass is 16.3. The van der Waals surface area contributed by atoms with Crippen LogP contribution in [-0.2, 0) is 0 Å². The van der Waals surface area contributed by atoms with Crippen LogP contribution in [0.25, 0.3) is 0 Å². The van der Waals surface area contributed by atoms with Gasteiger partial charge in [0.25, 0.3) is 0 Å². The van der Waals surface area contributed by atoms with Gasteiger partial charge in [0, 0.05) is 12.8 Å². The molecule has 2 N–H and O–H groups in total. The number of nitrogens with one attached hydrogen (secondary N) is 1. The van der Waals surface area contributed by atoms with Crippen molar-refractivity contribution >= 4 is 0 Å². The average Bonchev–Trinajstić information content (AvgIpc) is 2.83. The lowest BCUT2D eigenvalue weighted by molar-refractivity contribution is -0.879. The quantitative estimate of drug-likeness (QED) is 0.687. The van der Waals surface area contributed by atoms with E-state index in [1.807, 2.05) is 30.3 Å². The average molecular weight is 216 g/mol. The molecule has 1 aromatic carbocycles. The first-order chi connectivity index (χ1) is 7.86. The molecule has 0 unspecified atom stereocenters. The number of likely N-dealkylation sites (tertiary alicyclic amines) is 1. The van der Waals surface area contributed by atoms with E-state index in [0.717, 1.165) is 12.1 Å². The first-order valence-electron chi connectivity index (χ1n) is 5.91. The monoisotopic (exact) mass is 216 g/mol. The van der Waals surface area contributed by atoms with E-state index >= 15 is 0 Å². The van der Waals surface area contributed by atoms with E-state index in [0.29, 0.717) is 0 Å². The summed E-state index contributed by atoms with van der Waals surface area (Å²) in [6.45, 7) is 3.33. The summed E-state index contributed by atoms with van der Waals surface area (Å²) in [7, 11) is 0. The van der Waals surface area contributed by atoms with Crippen LogP contribution in [0.1, 0.15) is 24.5 Å². The van der Waals surface area contributed by atoms with Crippen LogP contribution in [0.3, 0.4) is 0 Å². The van der Waals surface area contributed by atoms with Gasteiger partial charge in [0.1, 0.15) is 12.6 Å². The fraction of sp³-hybridized carbons (Fsp3) is 0.429. The molecule has 1 fully saturated rings. The van der Waals surface area contributed by atoms with Gasteiger partial charge >= 0.3 is 0 Å². The Balaban J connectivity index is 1.87. The second-order valence-corrected chi connectivity index (χ2v) is 4.27. The van der Waals surface area contributed by atoms with Crippen LogP contribution < -0.4 is 4.90 Å². The van der Waals surface area contributed by atoms with Gasteiger partial charge in [0.05, 0.1) is 13.1 Å². The maximum Gasteiger partial charge on any atom is 0.140 e. The van der Waals surface area contributed by atoms with E-state index < -0.39 is 6.10 Å². The van der Waals surface area contributed by atoms with E-state index in [9.17, 15) is 5.11 Å². The molecule has 2 rings (SSSR count). The van der Waals surface area contributed by atoms with Crippen molar-refractivity contribution in [1.82, 2.24) is 0 Å². The Bertz CT molecular complexity index is 371. The summed E-state index contributed by atoms with van der Waals surface area (Å²) >= 11 is 0. The second-order valence-electron chi connectivity index (χ2n) is 4.27. The van der Waals surface area contributed by atoms with Crippen molar-refractivity contribution in [3.05, 3.63) is 35.9 Å². The summed E-state index contributed by atoms with van der Waals surface area (Å²) < 4.78 is 0. The van der Waals surface area contributed by atoms with Crippen molar-refractivity contribution in [2.24, 2.45) is 0 Å². The highest BCUT2D eigenvalue weighted by molar-refractivity contribution is 5.24. The fourth-order valence-electron chi connectivity index (χ4n) is 2.04. The first-order valence-corrected chi connectivity index (χ1v) is 5.91. The Morgan fingerprint density at radius 2 is 1.88 bits per heavy atom. The molecule has 1 saturated heterocycles. The molecule has 1 atom stereocenters. The normalized spacial score (nSPS) is 17.8. The third-order valence-corrected chi connectivity index (χ3v) is 3.00. The summed E-state index contributed by atoms with van der Waals surface area (Å²) in [5, 5.41) is 9.81. The Hall–Kier alpha value is -1.30. The molecule has 0 aromatic heterocycles. The second kappa shape index (κ2) is 5.69. The molecule has 0 spiro atoms. The molecule has 1 aliphatic rings. The van der Waals surface area contributed by atoms with Gasteiger partial charge in [0.2, 0.25) is 0 Å². The van der Waals surface area contributed by atoms with Gasteiger partial charge in [-0.3, -0.25) is 0 Å². The number of hydrogen-bond donors (Lipinski definition) is 2. The Kier molecular flexibility index (Phi) is 3.98. The number of rotatable bonds is 2. The van der Waals surface area contributed by atoms with Gasteiger partial charge in [0.15, 0.2) is 0 Å². The van der Waals surface area contributed by atoms with Crippen molar-refractivity contribution in [3.8, 4) is 11.8 Å². The van der Waals surface area contributed by atoms with Gasteiger partial charge in [-0.15, -0.1) is 0 Å². The molecule has 0 amide bonds. The molecule has 0 bridgehead atoms. The van der Waals surface area contributed by atoms with Crippen molar-refractivity contribution in [3.63, 3.8) is 0 Å². The van der Waals surface area contributed by atoms with Crippen LogP contribution in [0.15, 0.2) is 30.3 Å². The summed E-state index contributed by atoms with van der Waals surface area (Å²) in [5.41, 5.74) is 0.881. The lowest BCUT2D eigenvalue weighted by Crippen LogP contribution is -3.09. The zero-order valence-electron chi connectivity index (χ0n) is 9.45. The summed E-state index contributed by atoms with van der Waals surface area (Å²) in [5.74, 6) is 6.00. The zero-order valence-corrected chi connectivity index (χ0v) is 9.45. The van der Waals surface area contributed by atoms with Gasteiger partial charge < -0.3 is 10.0 Å². The van der Waals surface area contributed by atoms with E-state index in [2.05, 4.69) is 11.8 Å². The minimum absolute atomic E-state index is 0.636. The lowest BCUT2D eigenvalue weighted by atomic mass is 10.1. The van der Waals surface area contributed by atoms with E-state index in [1.165, 1.54) is 25.9 Å². The predicted octanol–water partition coefficient (Wildman–Crippen LogP) is 0.402. The molecule has 1 aliphatic heterocycles. The number of hydrogen-bond acceptors (Lipinski definition) is 1. The minimum atomic E-state index is -0.636. The highest BCUT2D eigenvalue weighted by Gasteiger charge is 2.13. The van der Waals surface area contributed by atoms with Gasteiger partial charge in [-0.2, -0.15) is 0 Å². The van der Waals surface area contributed by atoms with Crippen molar-refractivity contribution in [1.29, 1.82) is 0 Å². The molecule has 0 aliphatic carbocycles. The maximum absolute atomic E-state index is 9.81. The molecule has 1 aromatic rings.